The second kappa shape index (κ2) is 3.30. The van der Waals surface area contributed by atoms with Crippen LogP contribution in [0.1, 0.15) is 12.5 Å². The molecule has 0 unspecified atom stereocenters. The van der Waals surface area contributed by atoms with E-state index in [1.54, 1.807) is 0 Å². The Balaban J connectivity index is 3.18. The van der Waals surface area contributed by atoms with Gasteiger partial charge in [-0.15, -0.1) is 0 Å². The lowest BCUT2D eigenvalue weighted by atomic mass is 10.1. The van der Waals surface area contributed by atoms with Gasteiger partial charge in [0.05, 0.1) is 5.71 Å². The molecule has 0 atom stereocenters. The Morgan fingerprint density at radius 1 is 1.42 bits per heavy atom. The molecule has 1 N–H and O–H groups in total. The zero-order chi connectivity index (χ0) is 9.14. The number of halogens is 2. The van der Waals surface area contributed by atoms with Crippen molar-refractivity contribution in [3.05, 3.63) is 35.4 Å². The summed E-state index contributed by atoms with van der Waals surface area (Å²) in [6.07, 6.45) is 0. The second-order valence-electron chi connectivity index (χ2n) is 2.31. The normalized spacial score (nSPS) is 11.8. The molecule has 0 aromatic heterocycles. The summed E-state index contributed by atoms with van der Waals surface area (Å²) in [5, 5.41) is 11.1. The van der Waals surface area contributed by atoms with Gasteiger partial charge in [-0.2, -0.15) is 0 Å². The van der Waals surface area contributed by atoms with Gasteiger partial charge in [-0.05, 0) is 19.1 Å². The standard InChI is InChI=1S/C8H7F2NO/c1-5(11-12)7-3-2-6(9)4-8(7)10/h2-4,12H,1H3/b11-5+. The van der Waals surface area contributed by atoms with Crippen LogP contribution < -0.4 is 0 Å². The quantitative estimate of drug-likeness (QED) is 0.392. The van der Waals surface area contributed by atoms with Crippen molar-refractivity contribution in [3.63, 3.8) is 0 Å². The summed E-state index contributed by atoms with van der Waals surface area (Å²) in [5.41, 5.74) is 0.214. The molecular weight excluding hydrogens is 164 g/mol. The van der Waals surface area contributed by atoms with Crippen LogP contribution in [0.3, 0.4) is 0 Å². The van der Waals surface area contributed by atoms with Crippen molar-refractivity contribution in [2.45, 2.75) is 6.92 Å². The molecule has 64 valence electrons. The Morgan fingerprint density at radius 2 is 2.08 bits per heavy atom. The molecule has 0 saturated carbocycles. The predicted molar refractivity (Wildman–Crippen MR) is 40.4 cm³/mol. The highest BCUT2D eigenvalue weighted by atomic mass is 19.1. The van der Waals surface area contributed by atoms with E-state index in [0.717, 1.165) is 12.1 Å². The fraction of sp³-hybridized carbons (Fsp3) is 0.125. The zero-order valence-corrected chi connectivity index (χ0v) is 6.38. The highest BCUT2D eigenvalue weighted by Crippen LogP contribution is 2.10. The van der Waals surface area contributed by atoms with Crippen LogP contribution in [0, 0.1) is 11.6 Å². The summed E-state index contributed by atoms with van der Waals surface area (Å²) in [4.78, 5) is 0. The molecule has 0 spiro atoms. The van der Waals surface area contributed by atoms with Crippen LogP contribution >= 0.6 is 0 Å². The zero-order valence-electron chi connectivity index (χ0n) is 6.38. The summed E-state index contributed by atoms with van der Waals surface area (Å²) < 4.78 is 25.2. The fourth-order valence-electron chi connectivity index (χ4n) is 0.837. The Morgan fingerprint density at radius 3 is 2.58 bits per heavy atom. The summed E-state index contributed by atoms with van der Waals surface area (Å²) in [5.74, 6) is -1.38. The van der Waals surface area contributed by atoms with Crippen molar-refractivity contribution >= 4 is 5.71 Å². The number of hydrogen-bond acceptors (Lipinski definition) is 2. The van der Waals surface area contributed by atoms with Crippen LogP contribution in [0.4, 0.5) is 8.78 Å². The molecule has 0 amide bonds. The Hall–Kier alpha value is -1.45. The number of oxime groups is 1. The Bertz CT molecular complexity index is 323. The maximum absolute atomic E-state index is 12.9. The van der Waals surface area contributed by atoms with Gasteiger partial charge in [-0.1, -0.05) is 5.16 Å². The summed E-state index contributed by atoms with van der Waals surface area (Å²) in [6.45, 7) is 1.43. The molecule has 1 aromatic carbocycles. The SMILES string of the molecule is C/C(=N\O)c1ccc(F)cc1F. The predicted octanol–water partition coefficient (Wildman–Crippen LogP) is 2.16. The average Bonchev–Trinajstić information content (AvgIpc) is 2.03. The third kappa shape index (κ3) is 1.58. The topological polar surface area (TPSA) is 32.6 Å². The van der Waals surface area contributed by atoms with Gasteiger partial charge in [0.1, 0.15) is 11.6 Å². The molecule has 0 radical (unpaired) electrons. The highest BCUT2D eigenvalue weighted by molar-refractivity contribution is 5.98. The van der Waals surface area contributed by atoms with Crippen molar-refractivity contribution in [1.29, 1.82) is 0 Å². The van der Waals surface area contributed by atoms with E-state index in [1.807, 2.05) is 0 Å². The van der Waals surface area contributed by atoms with Crippen LogP contribution in [0.25, 0.3) is 0 Å². The van der Waals surface area contributed by atoms with Gasteiger partial charge in [0.15, 0.2) is 0 Å². The minimum atomic E-state index is -0.731. The largest absolute Gasteiger partial charge is 0.411 e. The first-order valence-electron chi connectivity index (χ1n) is 3.29. The van der Waals surface area contributed by atoms with Gasteiger partial charge in [0, 0.05) is 11.6 Å². The monoisotopic (exact) mass is 171 g/mol. The first-order valence-corrected chi connectivity index (χ1v) is 3.29. The number of benzene rings is 1. The van der Waals surface area contributed by atoms with E-state index in [0.29, 0.717) is 0 Å². The van der Waals surface area contributed by atoms with E-state index in [9.17, 15) is 8.78 Å². The molecule has 0 aliphatic carbocycles. The molecule has 0 aliphatic heterocycles. The maximum atomic E-state index is 12.9. The summed E-state index contributed by atoms with van der Waals surface area (Å²) >= 11 is 0. The molecule has 4 heteroatoms. The number of hydrogen-bond donors (Lipinski definition) is 1. The van der Waals surface area contributed by atoms with Gasteiger partial charge in [-0.25, -0.2) is 8.78 Å². The van der Waals surface area contributed by atoms with E-state index in [4.69, 9.17) is 5.21 Å². The van der Waals surface area contributed by atoms with Crippen LogP contribution in [-0.2, 0) is 0 Å². The number of nitrogens with zero attached hydrogens (tertiary/aromatic N) is 1. The van der Waals surface area contributed by atoms with Crippen molar-refractivity contribution in [3.8, 4) is 0 Å². The molecule has 0 heterocycles. The first kappa shape index (κ1) is 8.64. The molecule has 2 nitrogen and oxygen atoms in total. The van der Waals surface area contributed by atoms with Crippen molar-refractivity contribution in [1.82, 2.24) is 0 Å². The van der Waals surface area contributed by atoms with E-state index in [2.05, 4.69) is 5.16 Å². The van der Waals surface area contributed by atoms with Crippen LogP contribution in [0.5, 0.6) is 0 Å². The van der Waals surface area contributed by atoms with Gasteiger partial charge >= 0.3 is 0 Å². The number of rotatable bonds is 1. The first-order chi connectivity index (χ1) is 5.65. The lowest BCUT2D eigenvalue weighted by molar-refractivity contribution is 0.319. The van der Waals surface area contributed by atoms with Crippen molar-refractivity contribution in [2.75, 3.05) is 0 Å². The fourth-order valence-corrected chi connectivity index (χ4v) is 0.837. The highest BCUT2D eigenvalue weighted by Gasteiger charge is 2.06. The minimum Gasteiger partial charge on any atom is -0.411 e. The van der Waals surface area contributed by atoms with Gasteiger partial charge in [-0.3, -0.25) is 0 Å². The van der Waals surface area contributed by atoms with Gasteiger partial charge in [0.2, 0.25) is 0 Å². The maximum Gasteiger partial charge on any atom is 0.135 e. The summed E-state index contributed by atoms with van der Waals surface area (Å²) in [6, 6.07) is 3.07. The smallest absolute Gasteiger partial charge is 0.135 e. The molecule has 12 heavy (non-hydrogen) atoms. The summed E-state index contributed by atoms with van der Waals surface area (Å²) in [7, 11) is 0. The molecule has 1 rings (SSSR count). The van der Waals surface area contributed by atoms with E-state index < -0.39 is 11.6 Å². The molecule has 0 bridgehead atoms. The Labute approximate surface area is 68.1 Å². The van der Waals surface area contributed by atoms with E-state index in [1.165, 1.54) is 13.0 Å². The van der Waals surface area contributed by atoms with Crippen LogP contribution in [0.15, 0.2) is 23.4 Å². The average molecular weight is 171 g/mol. The van der Waals surface area contributed by atoms with Gasteiger partial charge < -0.3 is 5.21 Å². The van der Waals surface area contributed by atoms with Gasteiger partial charge in [0.25, 0.3) is 0 Å². The third-order valence-corrected chi connectivity index (χ3v) is 1.47. The minimum absolute atomic E-state index is 0.0962. The molecular formula is C8H7F2NO. The van der Waals surface area contributed by atoms with Crippen LogP contribution in [0.2, 0.25) is 0 Å². The lowest BCUT2D eigenvalue weighted by Gasteiger charge is -1.99. The lowest BCUT2D eigenvalue weighted by Crippen LogP contribution is -1.98. The van der Waals surface area contributed by atoms with E-state index >= 15 is 0 Å². The molecule has 0 saturated heterocycles. The van der Waals surface area contributed by atoms with Crippen molar-refractivity contribution < 1.29 is 14.0 Å². The molecule has 0 fully saturated rings. The van der Waals surface area contributed by atoms with E-state index in [-0.39, 0.29) is 11.3 Å². The Kier molecular flexibility index (Phi) is 2.38. The van der Waals surface area contributed by atoms with Crippen LogP contribution in [-0.4, -0.2) is 10.9 Å². The third-order valence-electron chi connectivity index (χ3n) is 1.47. The second-order valence-corrected chi connectivity index (χ2v) is 2.31. The molecule has 0 aliphatic rings. The van der Waals surface area contributed by atoms with Crippen molar-refractivity contribution in [2.24, 2.45) is 5.16 Å². The molecule has 1 aromatic rings.